The SMILES string of the molecule is CCCNCc1sc(Cc2cccc(Cl)c2)nc1COC. The van der Waals surface area contributed by atoms with E-state index < -0.39 is 0 Å². The molecule has 0 radical (unpaired) electrons. The maximum atomic E-state index is 6.03. The maximum absolute atomic E-state index is 6.03. The molecule has 2 rings (SSSR count). The standard InChI is InChI=1S/C16H21ClN2OS/c1-3-7-18-10-15-14(11-20-2)19-16(21-15)9-12-5-4-6-13(17)8-12/h4-6,8,18H,3,7,9-11H2,1-2H3. The van der Waals surface area contributed by atoms with Gasteiger partial charge in [0.1, 0.15) is 0 Å². The lowest BCUT2D eigenvalue weighted by Gasteiger charge is -2.02. The van der Waals surface area contributed by atoms with Crippen LogP contribution in [0.2, 0.25) is 5.02 Å². The van der Waals surface area contributed by atoms with E-state index in [4.69, 9.17) is 21.3 Å². The van der Waals surface area contributed by atoms with Gasteiger partial charge in [0, 0.05) is 30.0 Å². The number of ether oxygens (including phenoxy) is 1. The third-order valence-corrected chi connectivity index (χ3v) is 4.39. The van der Waals surface area contributed by atoms with Crippen LogP contribution in [0.5, 0.6) is 0 Å². The summed E-state index contributed by atoms with van der Waals surface area (Å²) in [5, 5.41) is 5.31. The normalized spacial score (nSPS) is 11.0. The Labute approximate surface area is 135 Å². The average Bonchev–Trinajstić information content (AvgIpc) is 2.81. The molecule has 1 N–H and O–H groups in total. The first-order valence-corrected chi connectivity index (χ1v) is 8.34. The van der Waals surface area contributed by atoms with E-state index in [2.05, 4.69) is 18.3 Å². The number of thiazole rings is 1. The van der Waals surface area contributed by atoms with Crippen LogP contribution in [0.4, 0.5) is 0 Å². The molecule has 3 nitrogen and oxygen atoms in total. The number of nitrogens with zero attached hydrogens (tertiary/aromatic N) is 1. The number of hydrogen-bond acceptors (Lipinski definition) is 4. The van der Waals surface area contributed by atoms with Crippen LogP contribution in [0.1, 0.15) is 34.5 Å². The monoisotopic (exact) mass is 324 g/mol. The van der Waals surface area contributed by atoms with E-state index in [0.717, 1.165) is 41.7 Å². The van der Waals surface area contributed by atoms with E-state index in [-0.39, 0.29) is 0 Å². The van der Waals surface area contributed by atoms with Crippen molar-refractivity contribution in [3.8, 4) is 0 Å². The molecule has 2 aromatic rings. The van der Waals surface area contributed by atoms with Gasteiger partial charge in [-0.15, -0.1) is 11.3 Å². The van der Waals surface area contributed by atoms with E-state index in [0.29, 0.717) is 6.61 Å². The molecule has 1 heterocycles. The lowest BCUT2D eigenvalue weighted by Crippen LogP contribution is -2.14. The summed E-state index contributed by atoms with van der Waals surface area (Å²) in [5.41, 5.74) is 2.23. The molecule has 0 aliphatic rings. The van der Waals surface area contributed by atoms with Gasteiger partial charge in [-0.05, 0) is 30.7 Å². The number of benzene rings is 1. The van der Waals surface area contributed by atoms with Crippen molar-refractivity contribution in [3.63, 3.8) is 0 Å². The number of nitrogens with one attached hydrogen (secondary N) is 1. The zero-order chi connectivity index (χ0) is 15.1. The number of hydrogen-bond donors (Lipinski definition) is 1. The van der Waals surface area contributed by atoms with E-state index in [1.165, 1.54) is 10.4 Å². The van der Waals surface area contributed by atoms with Crippen molar-refractivity contribution in [3.05, 3.63) is 50.4 Å². The van der Waals surface area contributed by atoms with E-state index in [1.54, 1.807) is 18.4 Å². The second-order valence-electron chi connectivity index (χ2n) is 4.89. The number of rotatable bonds is 8. The first-order chi connectivity index (χ1) is 10.2. The highest BCUT2D eigenvalue weighted by Gasteiger charge is 2.11. The Kier molecular flexibility index (Phi) is 6.64. The first kappa shape index (κ1) is 16.4. The van der Waals surface area contributed by atoms with Gasteiger partial charge in [-0.2, -0.15) is 0 Å². The number of aromatic nitrogens is 1. The summed E-state index contributed by atoms with van der Waals surface area (Å²) in [6.45, 7) is 4.61. The maximum Gasteiger partial charge on any atom is 0.0976 e. The molecule has 1 aromatic carbocycles. The van der Waals surface area contributed by atoms with Gasteiger partial charge in [-0.3, -0.25) is 0 Å². The van der Waals surface area contributed by atoms with Gasteiger partial charge in [0.25, 0.3) is 0 Å². The van der Waals surface area contributed by atoms with Crippen LogP contribution in [0.25, 0.3) is 0 Å². The van der Waals surface area contributed by atoms with Crippen LogP contribution in [0.15, 0.2) is 24.3 Å². The van der Waals surface area contributed by atoms with Crippen molar-refractivity contribution >= 4 is 22.9 Å². The molecule has 21 heavy (non-hydrogen) atoms. The predicted octanol–water partition coefficient (Wildman–Crippen LogP) is 4.03. The topological polar surface area (TPSA) is 34.2 Å². The summed E-state index contributed by atoms with van der Waals surface area (Å²) in [6.07, 6.45) is 1.95. The smallest absolute Gasteiger partial charge is 0.0976 e. The Bertz CT molecular complexity index is 571. The van der Waals surface area contributed by atoms with Gasteiger partial charge in [0.05, 0.1) is 17.3 Å². The van der Waals surface area contributed by atoms with E-state index in [9.17, 15) is 0 Å². The molecular formula is C16H21ClN2OS. The summed E-state index contributed by atoms with van der Waals surface area (Å²) in [4.78, 5) is 5.98. The largest absolute Gasteiger partial charge is 0.378 e. The van der Waals surface area contributed by atoms with E-state index in [1.807, 2.05) is 18.2 Å². The Hall–Kier alpha value is -0.940. The molecular weight excluding hydrogens is 304 g/mol. The number of methoxy groups -OCH3 is 1. The van der Waals surface area contributed by atoms with Gasteiger partial charge in [0.15, 0.2) is 0 Å². The fraction of sp³-hybridized carbons (Fsp3) is 0.438. The predicted molar refractivity (Wildman–Crippen MR) is 89.1 cm³/mol. The fourth-order valence-corrected chi connectivity index (χ4v) is 3.39. The first-order valence-electron chi connectivity index (χ1n) is 7.14. The molecule has 0 atom stereocenters. The van der Waals surface area contributed by atoms with Crippen molar-refractivity contribution in [1.82, 2.24) is 10.3 Å². The van der Waals surface area contributed by atoms with Crippen molar-refractivity contribution in [2.75, 3.05) is 13.7 Å². The molecule has 0 aliphatic heterocycles. The molecule has 5 heteroatoms. The fourth-order valence-electron chi connectivity index (χ4n) is 2.10. The lowest BCUT2D eigenvalue weighted by atomic mass is 10.2. The van der Waals surface area contributed by atoms with E-state index >= 15 is 0 Å². The molecule has 0 saturated heterocycles. The second kappa shape index (κ2) is 8.49. The van der Waals surface area contributed by atoms with Gasteiger partial charge < -0.3 is 10.1 Å². The Morgan fingerprint density at radius 3 is 2.95 bits per heavy atom. The Morgan fingerprint density at radius 1 is 1.38 bits per heavy atom. The third kappa shape index (κ3) is 5.08. The highest BCUT2D eigenvalue weighted by atomic mass is 35.5. The molecule has 0 unspecified atom stereocenters. The lowest BCUT2D eigenvalue weighted by molar-refractivity contribution is 0.181. The molecule has 1 aromatic heterocycles. The third-order valence-electron chi connectivity index (χ3n) is 3.06. The van der Waals surface area contributed by atoms with Gasteiger partial charge in [0.2, 0.25) is 0 Å². The Balaban J connectivity index is 2.10. The minimum absolute atomic E-state index is 0.565. The van der Waals surface area contributed by atoms with Crippen LogP contribution in [0, 0.1) is 0 Å². The average molecular weight is 325 g/mol. The molecule has 0 amide bonds. The van der Waals surface area contributed by atoms with Crippen LogP contribution >= 0.6 is 22.9 Å². The van der Waals surface area contributed by atoms with Crippen molar-refractivity contribution in [2.45, 2.75) is 32.9 Å². The highest BCUT2D eigenvalue weighted by molar-refractivity contribution is 7.11. The minimum atomic E-state index is 0.565. The molecule has 0 saturated carbocycles. The quantitative estimate of drug-likeness (QED) is 0.744. The van der Waals surface area contributed by atoms with Crippen LogP contribution < -0.4 is 5.32 Å². The molecule has 0 aliphatic carbocycles. The van der Waals surface area contributed by atoms with Crippen LogP contribution in [0.3, 0.4) is 0 Å². The second-order valence-corrected chi connectivity index (χ2v) is 6.50. The molecule has 0 bridgehead atoms. The van der Waals surface area contributed by atoms with Crippen molar-refractivity contribution in [2.24, 2.45) is 0 Å². The Morgan fingerprint density at radius 2 is 2.24 bits per heavy atom. The van der Waals surface area contributed by atoms with Crippen LogP contribution in [-0.2, 0) is 24.3 Å². The van der Waals surface area contributed by atoms with Gasteiger partial charge in [-0.1, -0.05) is 30.7 Å². The van der Waals surface area contributed by atoms with Gasteiger partial charge in [-0.25, -0.2) is 4.98 Å². The summed E-state index contributed by atoms with van der Waals surface area (Å²) < 4.78 is 5.25. The summed E-state index contributed by atoms with van der Waals surface area (Å²) in [7, 11) is 1.71. The molecule has 0 fully saturated rings. The zero-order valence-corrected chi connectivity index (χ0v) is 14.1. The van der Waals surface area contributed by atoms with Crippen molar-refractivity contribution in [1.29, 1.82) is 0 Å². The molecule has 114 valence electrons. The zero-order valence-electron chi connectivity index (χ0n) is 12.5. The summed E-state index contributed by atoms with van der Waals surface area (Å²) >= 11 is 7.79. The molecule has 0 spiro atoms. The summed E-state index contributed by atoms with van der Waals surface area (Å²) in [5.74, 6) is 0. The van der Waals surface area contributed by atoms with Crippen molar-refractivity contribution < 1.29 is 4.74 Å². The van der Waals surface area contributed by atoms with Crippen LogP contribution in [-0.4, -0.2) is 18.6 Å². The minimum Gasteiger partial charge on any atom is -0.378 e. The summed E-state index contributed by atoms with van der Waals surface area (Å²) in [6, 6.07) is 7.95. The number of halogens is 1. The van der Waals surface area contributed by atoms with Gasteiger partial charge >= 0.3 is 0 Å². The highest BCUT2D eigenvalue weighted by Crippen LogP contribution is 2.23.